The number of rotatable bonds is 7. The Bertz CT molecular complexity index is 577. The van der Waals surface area contributed by atoms with Crippen molar-refractivity contribution in [2.24, 2.45) is 0 Å². The molecule has 0 unspecified atom stereocenters. The van der Waals surface area contributed by atoms with Gasteiger partial charge in [-0.25, -0.2) is 0 Å². The van der Waals surface area contributed by atoms with Gasteiger partial charge >= 0.3 is 0 Å². The van der Waals surface area contributed by atoms with Gasteiger partial charge in [-0.1, -0.05) is 18.2 Å². The van der Waals surface area contributed by atoms with E-state index in [4.69, 9.17) is 5.11 Å². The molecule has 21 heavy (non-hydrogen) atoms. The predicted octanol–water partition coefficient (Wildman–Crippen LogP) is 2.31. The number of benzene rings is 1. The number of hydrogen-bond donors (Lipinski definition) is 1. The molecule has 5 heteroatoms. The van der Waals surface area contributed by atoms with Crippen molar-refractivity contribution in [2.45, 2.75) is 38.8 Å². The summed E-state index contributed by atoms with van der Waals surface area (Å²) in [5, 5.41) is 17.7. The molecule has 1 N–H and O–H groups in total. The highest BCUT2D eigenvalue weighted by atomic mass is 16.3. The van der Waals surface area contributed by atoms with Crippen LogP contribution in [0.3, 0.4) is 0 Å². The molecule has 0 atom stereocenters. The first-order chi connectivity index (χ1) is 10.3. The molecule has 3 rings (SSSR count). The Labute approximate surface area is 125 Å². The number of nitrogens with zero attached hydrogens (tertiary/aromatic N) is 4. The predicted molar refractivity (Wildman–Crippen MR) is 82.2 cm³/mol. The molecule has 0 amide bonds. The van der Waals surface area contributed by atoms with Crippen LogP contribution in [0.4, 0.5) is 5.69 Å². The number of aliphatic hydroxyl groups is 1. The minimum Gasteiger partial charge on any atom is -0.396 e. The Morgan fingerprint density at radius 1 is 1.24 bits per heavy atom. The van der Waals surface area contributed by atoms with E-state index in [2.05, 4.69) is 31.8 Å². The number of aromatic nitrogens is 3. The van der Waals surface area contributed by atoms with Crippen molar-refractivity contribution in [3.63, 3.8) is 0 Å². The van der Waals surface area contributed by atoms with Gasteiger partial charge in [0.25, 0.3) is 0 Å². The maximum atomic E-state index is 9.13. The van der Waals surface area contributed by atoms with E-state index in [1.54, 1.807) is 0 Å². The SMILES string of the molecule is Cc1nnc(CN(CCCO)c2ccccc2)n1C1CC1. The van der Waals surface area contributed by atoms with Crippen molar-refractivity contribution in [1.82, 2.24) is 14.8 Å². The van der Waals surface area contributed by atoms with Gasteiger partial charge in [0.2, 0.25) is 0 Å². The summed E-state index contributed by atoms with van der Waals surface area (Å²) in [5.74, 6) is 2.03. The van der Waals surface area contributed by atoms with Crippen LogP contribution < -0.4 is 4.90 Å². The van der Waals surface area contributed by atoms with Gasteiger partial charge in [-0.05, 0) is 38.3 Å². The summed E-state index contributed by atoms with van der Waals surface area (Å²) in [7, 11) is 0. The topological polar surface area (TPSA) is 54.2 Å². The number of aliphatic hydroxyl groups excluding tert-OH is 1. The maximum Gasteiger partial charge on any atom is 0.152 e. The zero-order valence-electron chi connectivity index (χ0n) is 12.4. The summed E-state index contributed by atoms with van der Waals surface area (Å²) in [4.78, 5) is 2.26. The van der Waals surface area contributed by atoms with Crippen LogP contribution in [0.25, 0.3) is 0 Å². The summed E-state index contributed by atoms with van der Waals surface area (Å²) >= 11 is 0. The lowest BCUT2D eigenvalue weighted by Crippen LogP contribution is -2.26. The maximum absolute atomic E-state index is 9.13. The third kappa shape index (κ3) is 3.24. The Morgan fingerprint density at radius 2 is 2.00 bits per heavy atom. The first-order valence-corrected chi connectivity index (χ1v) is 7.61. The van der Waals surface area contributed by atoms with Gasteiger partial charge in [-0.3, -0.25) is 0 Å². The fraction of sp³-hybridized carbons (Fsp3) is 0.500. The molecule has 112 valence electrons. The molecule has 1 aliphatic rings. The van der Waals surface area contributed by atoms with E-state index in [9.17, 15) is 0 Å². The standard InChI is InChI=1S/C16H22N4O/c1-13-17-18-16(20(13)15-8-9-15)12-19(10-5-11-21)14-6-3-2-4-7-14/h2-4,6-7,15,21H,5,8-12H2,1H3. The lowest BCUT2D eigenvalue weighted by Gasteiger charge is -2.24. The minimum atomic E-state index is 0.206. The molecule has 1 fully saturated rings. The molecule has 0 aliphatic heterocycles. The highest BCUT2D eigenvalue weighted by Crippen LogP contribution is 2.36. The van der Waals surface area contributed by atoms with Crippen LogP contribution in [0.5, 0.6) is 0 Å². The molecule has 1 aromatic heterocycles. The van der Waals surface area contributed by atoms with Gasteiger partial charge in [0.1, 0.15) is 5.82 Å². The van der Waals surface area contributed by atoms with Gasteiger partial charge in [-0.2, -0.15) is 0 Å². The van der Waals surface area contributed by atoms with Crippen molar-refractivity contribution in [2.75, 3.05) is 18.1 Å². The molecule has 1 aliphatic carbocycles. The monoisotopic (exact) mass is 286 g/mol. The van der Waals surface area contributed by atoms with Gasteiger partial charge in [0, 0.05) is 24.9 Å². The smallest absolute Gasteiger partial charge is 0.152 e. The number of aryl methyl sites for hydroxylation is 1. The average Bonchev–Trinajstić information content (AvgIpc) is 3.28. The molecule has 1 saturated carbocycles. The van der Waals surface area contributed by atoms with Gasteiger partial charge in [-0.15, -0.1) is 10.2 Å². The fourth-order valence-electron chi connectivity index (χ4n) is 2.70. The third-order valence-electron chi connectivity index (χ3n) is 3.89. The number of hydrogen-bond acceptors (Lipinski definition) is 4. The molecule has 0 saturated heterocycles. The van der Waals surface area contributed by atoms with Crippen molar-refractivity contribution >= 4 is 5.69 Å². The molecule has 2 aromatic rings. The van der Waals surface area contributed by atoms with Crippen LogP contribution in [0.1, 0.15) is 37.0 Å². The molecule has 1 aromatic carbocycles. The zero-order chi connectivity index (χ0) is 14.7. The molecular weight excluding hydrogens is 264 g/mol. The van der Waals surface area contributed by atoms with Crippen molar-refractivity contribution in [1.29, 1.82) is 0 Å². The number of para-hydroxylation sites is 1. The summed E-state index contributed by atoms with van der Waals surface area (Å²) in [6.07, 6.45) is 3.22. The quantitative estimate of drug-likeness (QED) is 0.848. The van der Waals surface area contributed by atoms with E-state index in [0.29, 0.717) is 6.04 Å². The Balaban J connectivity index is 1.81. The summed E-state index contributed by atoms with van der Waals surface area (Å²) in [6.45, 7) is 3.78. The summed E-state index contributed by atoms with van der Waals surface area (Å²) < 4.78 is 2.27. The summed E-state index contributed by atoms with van der Waals surface area (Å²) in [6, 6.07) is 10.9. The van der Waals surface area contributed by atoms with Crippen LogP contribution >= 0.6 is 0 Å². The zero-order valence-corrected chi connectivity index (χ0v) is 12.4. The minimum absolute atomic E-state index is 0.206. The first kappa shape index (κ1) is 14.1. The van der Waals surface area contributed by atoms with Crippen LogP contribution in [0.15, 0.2) is 30.3 Å². The van der Waals surface area contributed by atoms with Crippen LogP contribution in [0.2, 0.25) is 0 Å². The third-order valence-corrected chi connectivity index (χ3v) is 3.89. The summed E-state index contributed by atoms with van der Waals surface area (Å²) in [5.41, 5.74) is 1.16. The molecular formula is C16H22N4O. The Hall–Kier alpha value is -1.88. The van der Waals surface area contributed by atoms with Crippen LogP contribution in [0, 0.1) is 6.92 Å². The molecule has 0 spiro atoms. The molecule has 0 bridgehead atoms. The van der Waals surface area contributed by atoms with Crippen LogP contribution in [-0.2, 0) is 6.54 Å². The van der Waals surface area contributed by atoms with E-state index in [0.717, 1.165) is 36.8 Å². The van der Waals surface area contributed by atoms with Crippen molar-refractivity contribution in [3.05, 3.63) is 42.0 Å². The van der Waals surface area contributed by atoms with E-state index in [1.165, 1.54) is 12.8 Å². The molecule has 5 nitrogen and oxygen atoms in total. The second-order valence-electron chi connectivity index (χ2n) is 5.60. The normalized spacial score (nSPS) is 14.4. The van der Waals surface area contributed by atoms with Gasteiger partial charge in [0.05, 0.1) is 6.54 Å². The Kier molecular flexibility index (Phi) is 4.20. The lowest BCUT2D eigenvalue weighted by molar-refractivity contribution is 0.289. The number of anilines is 1. The highest BCUT2D eigenvalue weighted by molar-refractivity contribution is 5.46. The fourth-order valence-corrected chi connectivity index (χ4v) is 2.70. The van der Waals surface area contributed by atoms with Crippen molar-refractivity contribution in [3.8, 4) is 0 Å². The average molecular weight is 286 g/mol. The van der Waals surface area contributed by atoms with Gasteiger partial charge in [0.15, 0.2) is 5.82 Å². The highest BCUT2D eigenvalue weighted by Gasteiger charge is 2.28. The molecule has 1 heterocycles. The van der Waals surface area contributed by atoms with Crippen LogP contribution in [-0.4, -0.2) is 33.0 Å². The first-order valence-electron chi connectivity index (χ1n) is 7.61. The second-order valence-corrected chi connectivity index (χ2v) is 5.60. The van der Waals surface area contributed by atoms with E-state index in [-0.39, 0.29) is 6.61 Å². The largest absolute Gasteiger partial charge is 0.396 e. The van der Waals surface area contributed by atoms with E-state index < -0.39 is 0 Å². The second kappa shape index (κ2) is 6.26. The van der Waals surface area contributed by atoms with E-state index >= 15 is 0 Å². The van der Waals surface area contributed by atoms with Gasteiger partial charge < -0.3 is 14.6 Å². The van der Waals surface area contributed by atoms with Crippen molar-refractivity contribution < 1.29 is 5.11 Å². The lowest BCUT2D eigenvalue weighted by atomic mass is 10.2. The Morgan fingerprint density at radius 3 is 2.67 bits per heavy atom. The van der Waals surface area contributed by atoms with E-state index in [1.807, 2.05) is 25.1 Å². The molecule has 0 radical (unpaired) electrons.